The molecule has 1 aromatic heterocycles. The van der Waals surface area contributed by atoms with Gasteiger partial charge in [-0.2, -0.15) is 0 Å². The second-order valence-electron chi connectivity index (χ2n) is 10.9. The smallest absolute Gasteiger partial charge is 0.258 e. The van der Waals surface area contributed by atoms with E-state index in [1.807, 2.05) is 42.5 Å². The number of hydrogen-bond acceptors (Lipinski definition) is 4. The molecule has 0 radical (unpaired) electrons. The molecule has 1 fully saturated rings. The van der Waals surface area contributed by atoms with Gasteiger partial charge in [0.1, 0.15) is 5.78 Å². The van der Waals surface area contributed by atoms with Crippen LogP contribution in [0.1, 0.15) is 43.9 Å². The van der Waals surface area contributed by atoms with Crippen molar-refractivity contribution in [2.75, 3.05) is 0 Å². The summed E-state index contributed by atoms with van der Waals surface area (Å²) in [5, 5.41) is 12.8. The van der Waals surface area contributed by atoms with E-state index < -0.39 is 19.5 Å². The Kier molecular flexibility index (Phi) is 7.32. The van der Waals surface area contributed by atoms with Gasteiger partial charge in [-0.05, 0) is 45.8 Å². The standard InChI is InChI=1S/C32H34O3SSi/c1-32(2,37(35,27-12-5-3-6-13-27)28-14-7-4-8-15-28)22-25(18-17-23-19-26(33)21-29(23)34)31-20-24-11-9-10-16-30(24)36-31/h3-18,20,23,25-26,33,35H,19,21-22H2,1-2H3/b18-17+/t23-,25+,26-/m1/s1. The van der Waals surface area contributed by atoms with Crippen LogP contribution < -0.4 is 10.4 Å². The Balaban J connectivity index is 1.57. The van der Waals surface area contributed by atoms with Crippen LogP contribution in [-0.4, -0.2) is 30.1 Å². The largest absolute Gasteiger partial charge is 0.424 e. The molecular weight excluding hydrogens is 493 g/mol. The van der Waals surface area contributed by atoms with Gasteiger partial charge < -0.3 is 9.90 Å². The quantitative estimate of drug-likeness (QED) is 0.225. The summed E-state index contributed by atoms with van der Waals surface area (Å²) in [7, 11) is -3.19. The molecule has 4 aromatic rings. The van der Waals surface area contributed by atoms with Gasteiger partial charge in [0.2, 0.25) is 0 Å². The number of hydrogen-bond donors (Lipinski definition) is 2. The van der Waals surface area contributed by atoms with Crippen LogP contribution in [0.15, 0.2) is 103 Å². The Morgan fingerprint density at radius 1 is 0.973 bits per heavy atom. The highest BCUT2D eigenvalue weighted by Crippen LogP contribution is 2.46. The molecule has 0 amide bonds. The summed E-state index contributed by atoms with van der Waals surface area (Å²) in [6.07, 6.45) is 5.09. The van der Waals surface area contributed by atoms with E-state index in [-0.39, 0.29) is 24.0 Å². The van der Waals surface area contributed by atoms with Crippen LogP contribution in [-0.2, 0) is 4.79 Å². The molecule has 1 heterocycles. The highest BCUT2D eigenvalue weighted by molar-refractivity contribution is 7.19. The number of fused-ring (bicyclic) bond motifs is 1. The summed E-state index contributed by atoms with van der Waals surface area (Å²) in [6, 6.07) is 30.9. The number of ketones is 1. The van der Waals surface area contributed by atoms with Crippen molar-refractivity contribution in [1.29, 1.82) is 0 Å². The summed E-state index contributed by atoms with van der Waals surface area (Å²) in [6.45, 7) is 4.38. The molecule has 1 saturated carbocycles. The lowest BCUT2D eigenvalue weighted by atomic mass is 9.92. The number of carbonyl (C=O) groups is 1. The van der Waals surface area contributed by atoms with E-state index in [9.17, 15) is 14.7 Å². The lowest BCUT2D eigenvalue weighted by molar-refractivity contribution is -0.119. The van der Waals surface area contributed by atoms with Crippen molar-refractivity contribution in [3.8, 4) is 0 Å². The van der Waals surface area contributed by atoms with Crippen LogP contribution in [0.25, 0.3) is 10.1 Å². The number of carbonyl (C=O) groups excluding carboxylic acids is 1. The molecule has 0 bridgehead atoms. The van der Waals surface area contributed by atoms with Crippen molar-refractivity contribution < 1.29 is 14.7 Å². The first-order chi connectivity index (χ1) is 17.8. The number of aliphatic hydroxyl groups is 1. The summed E-state index contributed by atoms with van der Waals surface area (Å²) in [4.78, 5) is 26.4. The molecule has 1 aliphatic rings. The van der Waals surface area contributed by atoms with Gasteiger partial charge in [0.05, 0.1) is 6.10 Å². The maximum Gasteiger partial charge on any atom is 0.258 e. The zero-order chi connectivity index (χ0) is 26.0. The Morgan fingerprint density at radius 2 is 1.57 bits per heavy atom. The van der Waals surface area contributed by atoms with Gasteiger partial charge in [0, 0.05) is 27.8 Å². The van der Waals surface area contributed by atoms with E-state index >= 15 is 0 Å². The minimum atomic E-state index is -3.19. The van der Waals surface area contributed by atoms with Crippen molar-refractivity contribution in [2.24, 2.45) is 5.92 Å². The van der Waals surface area contributed by atoms with Gasteiger partial charge in [-0.1, -0.05) is 105 Å². The predicted octanol–water partition coefficient (Wildman–Crippen LogP) is 5.80. The molecule has 190 valence electrons. The second-order valence-corrected chi connectivity index (χ2v) is 15.9. The van der Waals surface area contributed by atoms with E-state index in [1.165, 1.54) is 15.0 Å². The number of Topliss-reactive ketones (excluding diaryl/α,β-unsaturated/α-hetero) is 1. The van der Waals surface area contributed by atoms with Gasteiger partial charge in [0.15, 0.2) is 0 Å². The zero-order valence-electron chi connectivity index (χ0n) is 21.4. The summed E-state index contributed by atoms with van der Waals surface area (Å²) >= 11 is 1.78. The number of benzene rings is 3. The molecule has 5 heteroatoms. The zero-order valence-corrected chi connectivity index (χ0v) is 23.2. The van der Waals surface area contributed by atoms with Crippen LogP contribution in [0, 0.1) is 5.92 Å². The maximum atomic E-state index is 12.7. The molecule has 3 nitrogen and oxygen atoms in total. The molecule has 0 unspecified atom stereocenters. The van der Waals surface area contributed by atoms with Crippen molar-refractivity contribution in [2.45, 2.75) is 50.2 Å². The highest BCUT2D eigenvalue weighted by atomic mass is 32.1. The fraction of sp³-hybridized carbons (Fsp3) is 0.281. The predicted molar refractivity (Wildman–Crippen MR) is 156 cm³/mol. The average Bonchev–Trinajstić information content (AvgIpc) is 3.48. The van der Waals surface area contributed by atoms with Gasteiger partial charge in [-0.3, -0.25) is 4.79 Å². The lowest BCUT2D eigenvalue weighted by Gasteiger charge is -2.42. The molecule has 3 aromatic carbocycles. The van der Waals surface area contributed by atoms with Crippen molar-refractivity contribution >= 4 is 45.9 Å². The van der Waals surface area contributed by atoms with Crippen LogP contribution in [0.4, 0.5) is 0 Å². The lowest BCUT2D eigenvalue weighted by Crippen LogP contribution is -2.65. The van der Waals surface area contributed by atoms with E-state index in [1.54, 1.807) is 11.3 Å². The van der Waals surface area contributed by atoms with Crippen LogP contribution >= 0.6 is 11.3 Å². The number of allylic oxidation sites excluding steroid dienone is 2. The van der Waals surface area contributed by atoms with Gasteiger partial charge in [-0.25, -0.2) is 0 Å². The summed E-state index contributed by atoms with van der Waals surface area (Å²) in [5.41, 5.74) is 0. The van der Waals surface area contributed by atoms with Gasteiger partial charge in [0.25, 0.3) is 8.32 Å². The minimum Gasteiger partial charge on any atom is -0.424 e. The third-order valence-corrected chi connectivity index (χ3v) is 13.6. The third kappa shape index (κ3) is 5.14. The van der Waals surface area contributed by atoms with Crippen LogP contribution in [0.3, 0.4) is 0 Å². The van der Waals surface area contributed by atoms with E-state index in [2.05, 4.69) is 74.5 Å². The third-order valence-electron chi connectivity index (χ3n) is 7.85. The Hall–Kier alpha value is -2.83. The molecule has 1 aliphatic carbocycles. The summed E-state index contributed by atoms with van der Waals surface area (Å²) in [5.74, 6) is -0.101. The first-order valence-electron chi connectivity index (χ1n) is 13.0. The summed E-state index contributed by atoms with van der Waals surface area (Å²) < 4.78 is 1.24. The number of aliphatic hydroxyl groups excluding tert-OH is 1. The first-order valence-corrected chi connectivity index (χ1v) is 15.8. The number of thiophene rings is 1. The van der Waals surface area contributed by atoms with Crippen molar-refractivity contribution in [3.05, 3.63) is 108 Å². The average molecular weight is 527 g/mol. The maximum absolute atomic E-state index is 12.7. The van der Waals surface area contributed by atoms with Crippen LogP contribution in [0.2, 0.25) is 5.04 Å². The Labute approximate surface area is 224 Å². The minimum absolute atomic E-state index is 0.0318. The molecule has 3 atom stereocenters. The highest BCUT2D eigenvalue weighted by Gasteiger charge is 2.50. The molecule has 0 saturated heterocycles. The molecule has 37 heavy (non-hydrogen) atoms. The van der Waals surface area contributed by atoms with Crippen LogP contribution in [0.5, 0.6) is 0 Å². The van der Waals surface area contributed by atoms with E-state index in [4.69, 9.17) is 0 Å². The normalized spacial score (nSPS) is 19.6. The molecule has 0 spiro atoms. The van der Waals surface area contributed by atoms with Crippen molar-refractivity contribution in [3.63, 3.8) is 0 Å². The first kappa shape index (κ1) is 25.8. The fourth-order valence-corrected chi connectivity index (χ4v) is 10.7. The topological polar surface area (TPSA) is 57.5 Å². The molecule has 0 aliphatic heterocycles. The SMILES string of the molecule is CC(C)(C[C@H](/C=C/[C@@H]1C[C@@H](O)CC1=O)c1cc2ccccc2s1)[Si](O)(c1ccccc1)c1ccccc1. The van der Waals surface area contributed by atoms with Gasteiger partial charge in [-0.15, -0.1) is 11.3 Å². The molecule has 5 rings (SSSR count). The fourth-order valence-electron chi connectivity index (χ4n) is 5.80. The molecular formula is C32H34O3SSi. The van der Waals surface area contributed by atoms with Gasteiger partial charge >= 0.3 is 0 Å². The van der Waals surface area contributed by atoms with Crippen molar-refractivity contribution in [1.82, 2.24) is 0 Å². The number of rotatable bonds is 8. The van der Waals surface area contributed by atoms with E-state index in [0.29, 0.717) is 6.42 Å². The van der Waals surface area contributed by atoms with E-state index in [0.717, 1.165) is 16.8 Å². The monoisotopic (exact) mass is 526 g/mol. The molecule has 2 N–H and O–H groups in total. The second kappa shape index (κ2) is 10.5. The Bertz CT molecular complexity index is 1320. The Morgan fingerprint density at radius 3 is 2.14 bits per heavy atom.